The Bertz CT molecular complexity index is 243. The van der Waals surface area contributed by atoms with Crippen molar-refractivity contribution >= 4 is 11.8 Å². The molecule has 2 nitrogen and oxygen atoms in total. The molecule has 1 heterocycles. The van der Waals surface area contributed by atoms with Crippen LogP contribution in [0.3, 0.4) is 0 Å². The van der Waals surface area contributed by atoms with E-state index in [1.54, 1.807) is 0 Å². The predicted molar refractivity (Wildman–Crippen MR) is 73.2 cm³/mol. The lowest BCUT2D eigenvalue weighted by molar-refractivity contribution is 0.133. The van der Waals surface area contributed by atoms with Gasteiger partial charge in [-0.1, -0.05) is 20.8 Å². The molecule has 0 bridgehead atoms. The van der Waals surface area contributed by atoms with Crippen molar-refractivity contribution in [3.05, 3.63) is 0 Å². The van der Waals surface area contributed by atoms with Gasteiger partial charge in [0.1, 0.15) is 0 Å². The van der Waals surface area contributed by atoms with E-state index in [-0.39, 0.29) is 0 Å². The second-order valence-corrected chi connectivity index (χ2v) is 7.77. The molecule has 16 heavy (non-hydrogen) atoms. The van der Waals surface area contributed by atoms with Gasteiger partial charge in [-0.15, -0.1) is 0 Å². The predicted octanol–water partition coefficient (Wildman–Crippen LogP) is 2.20. The summed E-state index contributed by atoms with van der Waals surface area (Å²) in [5.74, 6) is 0. The van der Waals surface area contributed by atoms with Gasteiger partial charge in [0.05, 0.1) is 0 Å². The Kier molecular flexibility index (Phi) is 3.58. The van der Waals surface area contributed by atoms with Gasteiger partial charge < -0.3 is 5.32 Å². The quantitative estimate of drug-likeness (QED) is 0.817. The van der Waals surface area contributed by atoms with Gasteiger partial charge in [0, 0.05) is 37.0 Å². The van der Waals surface area contributed by atoms with E-state index in [1.165, 1.54) is 32.5 Å². The molecule has 2 fully saturated rings. The SMILES string of the molecule is CSC1(CN2CCNC(C(C)(C)C)C2)CC1. The van der Waals surface area contributed by atoms with E-state index < -0.39 is 0 Å². The third kappa shape index (κ3) is 2.93. The second-order valence-electron chi connectivity index (χ2n) is 6.49. The molecule has 0 aromatic heterocycles. The first-order valence-electron chi connectivity index (χ1n) is 6.46. The van der Waals surface area contributed by atoms with Crippen molar-refractivity contribution in [1.82, 2.24) is 10.2 Å². The summed E-state index contributed by atoms with van der Waals surface area (Å²) in [6.07, 6.45) is 5.13. The molecule has 2 aliphatic rings. The van der Waals surface area contributed by atoms with Crippen molar-refractivity contribution in [2.24, 2.45) is 5.41 Å². The van der Waals surface area contributed by atoms with Gasteiger partial charge in [0.2, 0.25) is 0 Å². The molecule has 1 aliphatic carbocycles. The molecule has 1 saturated carbocycles. The molecule has 0 aromatic rings. The van der Waals surface area contributed by atoms with Crippen molar-refractivity contribution in [1.29, 1.82) is 0 Å². The zero-order chi connectivity index (χ0) is 11.8. The Hall–Kier alpha value is 0.270. The fraction of sp³-hybridized carbons (Fsp3) is 1.00. The van der Waals surface area contributed by atoms with E-state index in [0.29, 0.717) is 16.2 Å². The number of thioether (sulfide) groups is 1. The number of nitrogens with zero attached hydrogens (tertiary/aromatic N) is 1. The summed E-state index contributed by atoms with van der Waals surface area (Å²) < 4.78 is 0.625. The number of rotatable bonds is 3. The molecule has 3 heteroatoms. The van der Waals surface area contributed by atoms with Crippen molar-refractivity contribution in [3.63, 3.8) is 0 Å². The molecule has 1 N–H and O–H groups in total. The summed E-state index contributed by atoms with van der Waals surface area (Å²) in [4.78, 5) is 2.68. The normalized spacial score (nSPS) is 30.4. The van der Waals surface area contributed by atoms with Crippen LogP contribution >= 0.6 is 11.8 Å². The standard InChI is InChI=1S/C13H26N2S/c1-12(2,3)11-9-15(8-7-14-11)10-13(16-4)5-6-13/h11,14H,5-10H2,1-4H3. The maximum Gasteiger partial charge on any atom is 0.0285 e. The minimum Gasteiger partial charge on any atom is -0.311 e. The number of nitrogens with one attached hydrogen (secondary N) is 1. The van der Waals surface area contributed by atoms with Crippen LogP contribution in [-0.2, 0) is 0 Å². The van der Waals surface area contributed by atoms with Crippen LogP contribution in [0, 0.1) is 5.41 Å². The molecule has 0 amide bonds. The molecule has 1 saturated heterocycles. The van der Waals surface area contributed by atoms with Crippen LogP contribution < -0.4 is 5.32 Å². The van der Waals surface area contributed by atoms with Gasteiger partial charge in [-0.05, 0) is 24.5 Å². The molecular formula is C13H26N2S. The minimum absolute atomic E-state index is 0.384. The Morgan fingerprint density at radius 1 is 1.38 bits per heavy atom. The topological polar surface area (TPSA) is 15.3 Å². The summed E-state index contributed by atoms with van der Waals surface area (Å²) in [6.45, 7) is 12.0. The molecule has 94 valence electrons. The number of hydrogen-bond donors (Lipinski definition) is 1. The minimum atomic E-state index is 0.384. The third-order valence-corrected chi connectivity index (χ3v) is 5.46. The van der Waals surface area contributed by atoms with E-state index in [0.717, 1.165) is 6.54 Å². The molecule has 1 aliphatic heterocycles. The van der Waals surface area contributed by atoms with Crippen LogP contribution in [-0.4, -0.2) is 48.1 Å². The maximum absolute atomic E-state index is 3.66. The highest BCUT2D eigenvalue weighted by Crippen LogP contribution is 2.47. The molecule has 1 unspecified atom stereocenters. The van der Waals surface area contributed by atoms with Crippen LogP contribution in [0.15, 0.2) is 0 Å². The third-order valence-electron chi connectivity index (χ3n) is 4.06. The highest BCUT2D eigenvalue weighted by atomic mass is 32.2. The van der Waals surface area contributed by atoms with Crippen LogP contribution in [0.2, 0.25) is 0 Å². The highest BCUT2D eigenvalue weighted by molar-refractivity contribution is 8.00. The molecule has 0 spiro atoms. The first-order valence-corrected chi connectivity index (χ1v) is 7.69. The Morgan fingerprint density at radius 2 is 2.06 bits per heavy atom. The van der Waals surface area contributed by atoms with Crippen molar-refractivity contribution < 1.29 is 0 Å². The molecule has 0 aromatic carbocycles. The molecule has 0 radical (unpaired) electrons. The molecule has 2 rings (SSSR count). The smallest absolute Gasteiger partial charge is 0.0285 e. The zero-order valence-corrected chi connectivity index (χ0v) is 12.0. The highest BCUT2D eigenvalue weighted by Gasteiger charge is 2.44. The van der Waals surface area contributed by atoms with Gasteiger partial charge in [0.15, 0.2) is 0 Å². The van der Waals surface area contributed by atoms with Crippen molar-refractivity contribution in [3.8, 4) is 0 Å². The summed E-state index contributed by atoms with van der Waals surface area (Å²) in [7, 11) is 0. The van der Waals surface area contributed by atoms with E-state index in [1.807, 2.05) is 0 Å². The number of hydrogen-bond acceptors (Lipinski definition) is 3. The lowest BCUT2D eigenvalue weighted by Crippen LogP contribution is -2.56. The maximum atomic E-state index is 3.66. The van der Waals surface area contributed by atoms with Crippen molar-refractivity contribution in [2.45, 2.75) is 44.4 Å². The Morgan fingerprint density at radius 3 is 2.56 bits per heavy atom. The van der Waals surface area contributed by atoms with Crippen LogP contribution in [0.1, 0.15) is 33.6 Å². The fourth-order valence-electron chi connectivity index (χ4n) is 2.51. The van der Waals surface area contributed by atoms with Crippen LogP contribution in [0.4, 0.5) is 0 Å². The lowest BCUT2D eigenvalue weighted by atomic mass is 9.85. The first-order chi connectivity index (χ1) is 7.45. The lowest BCUT2D eigenvalue weighted by Gasteiger charge is -2.41. The monoisotopic (exact) mass is 242 g/mol. The largest absolute Gasteiger partial charge is 0.311 e. The molecular weight excluding hydrogens is 216 g/mol. The first kappa shape index (κ1) is 12.7. The van der Waals surface area contributed by atoms with E-state index in [4.69, 9.17) is 0 Å². The van der Waals surface area contributed by atoms with E-state index in [9.17, 15) is 0 Å². The summed E-state index contributed by atoms with van der Waals surface area (Å²) in [5, 5.41) is 3.66. The van der Waals surface area contributed by atoms with E-state index >= 15 is 0 Å². The average molecular weight is 242 g/mol. The van der Waals surface area contributed by atoms with Crippen LogP contribution in [0.25, 0.3) is 0 Å². The van der Waals surface area contributed by atoms with Gasteiger partial charge >= 0.3 is 0 Å². The Labute approximate surface area is 105 Å². The average Bonchev–Trinajstić information content (AvgIpc) is 2.98. The van der Waals surface area contributed by atoms with Crippen molar-refractivity contribution in [2.75, 3.05) is 32.4 Å². The van der Waals surface area contributed by atoms with Crippen LogP contribution in [0.5, 0.6) is 0 Å². The number of piperazine rings is 1. The van der Waals surface area contributed by atoms with Gasteiger partial charge in [-0.2, -0.15) is 11.8 Å². The summed E-state index contributed by atoms with van der Waals surface area (Å²) >= 11 is 2.08. The van der Waals surface area contributed by atoms with E-state index in [2.05, 4.69) is 49.0 Å². The molecule has 1 atom stereocenters. The summed E-state index contributed by atoms with van der Waals surface area (Å²) in [5.41, 5.74) is 0.384. The Balaban J connectivity index is 1.87. The second kappa shape index (κ2) is 4.51. The van der Waals surface area contributed by atoms with Gasteiger partial charge in [-0.3, -0.25) is 4.90 Å². The van der Waals surface area contributed by atoms with Gasteiger partial charge in [-0.25, -0.2) is 0 Å². The zero-order valence-electron chi connectivity index (χ0n) is 11.2. The fourth-order valence-corrected chi connectivity index (χ4v) is 3.33. The van der Waals surface area contributed by atoms with Gasteiger partial charge in [0.25, 0.3) is 0 Å². The summed E-state index contributed by atoms with van der Waals surface area (Å²) in [6, 6.07) is 0.652.